The van der Waals surface area contributed by atoms with Crippen LogP contribution in [-0.4, -0.2) is 23.9 Å². The number of carbonyl (C=O) groups excluding carboxylic acids is 2. The van der Waals surface area contributed by atoms with Gasteiger partial charge in [-0.05, 0) is 19.3 Å². The van der Waals surface area contributed by atoms with E-state index in [2.05, 4.69) is 5.32 Å². The highest BCUT2D eigenvalue weighted by Gasteiger charge is 2.18. The fourth-order valence-corrected chi connectivity index (χ4v) is 1.01. The summed E-state index contributed by atoms with van der Waals surface area (Å²) < 4.78 is 0. The fraction of sp³-hybridized carbons (Fsp3) is 0.778. The molecule has 82 valence electrons. The van der Waals surface area contributed by atoms with Gasteiger partial charge in [-0.25, -0.2) is 0 Å². The first-order chi connectivity index (χ1) is 6.34. The molecule has 0 aromatic rings. The summed E-state index contributed by atoms with van der Waals surface area (Å²) in [6.07, 6.45) is 0.595. The van der Waals surface area contributed by atoms with E-state index in [0.29, 0.717) is 12.3 Å². The van der Waals surface area contributed by atoms with Crippen molar-refractivity contribution in [3.63, 3.8) is 0 Å². The molecule has 0 heterocycles. The van der Waals surface area contributed by atoms with E-state index >= 15 is 0 Å². The zero-order valence-electron chi connectivity index (χ0n) is 8.91. The number of hydrogen-bond acceptors (Lipinski definition) is 3. The molecule has 2 amide bonds. The maximum absolute atomic E-state index is 11.3. The van der Waals surface area contributed by atoms with Crippen LogP contribution >= 0.6 is 0 Å². The van der Waals surface area contributed by atoms with Crippen molar-refractivity contribution < 1.29 is 9.59 Å². The Labute approximate surface area is 84.2 Å². The van der Waals surface area contributed by atoms with Crippen molar-refractivity contribution in [2.45, 2.75) is 39.3 Å². The molecule has 0 aromatic heterocycles. The van der Waals surface area contributed by atoms with Gasteiger partial charge >= 0.3 is 0 Å². The van der Waals surface area contributed by atoms with Crippen molar-refractivity contribution >= 4 is 11.8 Å². The van der Waals surface area contributed by atoms with Crippen LogP contribution in [0.1, 0.15) is 27.2 Å². The van der Waals surface area contributed by atoms with Gasteiger partial charge in [-0.2, -0.15) is 0 Å². The maximum atomic E-state index is 11.3. The highest BCUT2D eigenvalue weighted by Crippen LogP contribution is 2.02. The van der Waals surface area contributed by atoms with E-state index in [4.69, 9.17) is 11.5 Å². The molecule has 0 aliphatic heterocycles. The smallest absolute Gasteiger partial charge is 0.239 e. The average molecular weight is 201 g/mol. The summed E-state index contributed by atoms with van der Waals surface area (Å²) in [5.74, 6) is -0.542. The van der Waals surface area contributed by atoms with Gasteiger partial charge in [-0.3, -0.25) is 9.59 Å². The molecule has 0 rings (SSSR count). The predicted octanol–water partition coefficient (Wildman–Crippen LogP) is -0.650. The normalized spacial score (nSPS) is 14.9. The molecular formula is C9H19N3O2. The summed E-state index contributed by atoms with van der Waals surface area (Å²) in [5.41, 5.74) is 10.6. The molecule has 0 saturated carbocycles. The fourth-order valence-electron chi connectivity index (χ4n) is 1.01. The largest absolute Gasteiger partial charge is 0.368 e. The third-order valence-electron chi connectivity index (χ3n) is 1.85. The van der Waals surface area contributed by atoms with Crippen molar-refractivity contribution in [3.8, 4) is 0 Å². The molecule has 0 aliphatic carbocycles. The molecule has 0 aromatic carbocycles. The number of carbonyl (C=O) groups is 2. The Morgan fingerprint density at radius 2 is 1.79 bits per heavy atom. The van der Waals surface area contributed by atoms with Gasteiger partial charge in [0.2, 0.25) is 11.8 Å². The Morgan fingerprint density at radius 1 is 1.29 bits per heavy atom. The van der Waals surface area contributed by atoms with E-state index in [0.717, 1.165) is 0 Å². The standard InChI is InChI=1S/C9H19N3O2/c1-5(2)4-7(10)9(14)12-6(3)8(11)13/h5-7H,4,10H2,1-3H3,(H2,11,13)(H,12,14). The van der Waals surface area contributed by atoms with Crippen molar-refractivity contribution in [1.29, 1.82) is 0 Å². The Balaban J connectivity index is 4.01. The number of rotatable bonds is 5. The van der Waals surface area contributed by atoms with Gasteiger partial charge in [-0.1, -0.05) is 13.8 Å². The molecular weight excluding hydrogens is 182 g/mol. The van der Waals surface area contributed by atoms with E-state index in [-0.39, 0.29) is 5.91 Å². The maximum Gasteiger partial charge on any atom is 0.239 e. The Bertz CT molecular complexity index is 216. The van der Waals surface area contributed by atoms with Gasteiger partial charge in [0, 0.05) is 0 Å². The first-order valence-electron chi connectivity index (χ1n) is 4.69. The summed E-state index contributed by atoms with van der Waals surface area (Å²) in [6.45, 7) is 5.48. The highest BCUT2D eigenvalue weighted by molar-refractivity contribution is 5.88. The van der Waals surface area contributed by atoms with Crippen molar-refractivity contribution in [1.82, 2.24) is 5.32 Å². The van der Waals surface area contributed by atoms with E-state index in [1.54, 1.807) is 0 Å². The van der Waals surface area contributed by atoms with Gasteiger partial charge in [0.15, 0.2) is 0 Å². The third-order valence-corrected chi connectivity index (χ3v) is 1.85. The second kappa shape index (κ2) is 5.59. The molecule has 0 spiro atoms. The van der Waals surface area contributed by atoms with Gasteiger partial charge in [0.05, 0.1) is 6.04 Å². The zero-order chi connectivity index (χ0) is 11.3. The molecule has 14 heavy (non-hydrogen) atoms. The van der Waals surface area contributed by atoms with Crippen molar-refractivity contribution in [2.24, 2.45) is 17.4 Å². The predicted molar refractivity (Wildman–Crippen MR) is 54.2 cm³/mol. The molecule has 0 radical (unpaired) electrons. The number of amides is 2. The second-order valence-electron chi connectivity index (χ2n) is 3.87. The summed E-state index contributed by atoms with van der Waals surface area (Å²) in [4.78, 5) is 22.0. The first-order valence-corrected chi connectivity index (χ1v) is 4.69. The number of nitrogens with two attached hydrogens (primary N) is 2. The lowest BCUT2D eigenvalue weighted by Crippen LogP contribution is -2.49. The molecule has 5 nitrogen and oxygen atoms in total. The van der Waals surface area contributed by atoms with Crippen LogP contribution in [-0.2, 0) is 9.59 Å². The van der Waals surface area contributed by atoms with Crippen LogP contribution < -0.4 is 16.8 Å². The second-order valence-corrected chi connectivity index (χ2v) is 3.87. The average Bonchev–Trinajstić information content (AvgIpc) is 2.02. The van der Waals surface area contributed by atoms with Crippen LogP contribution in [0.15, 0.2) is 0 Å². The minimum absolute atomic E-state index is 0.329. The van der Waals surface area contributed by atoms with Crippen molar-refractivity contribution in [2.75, 3.05) is 0 Å². The monoisotopic (exact) mass is 201 g/mol. The van der Waals surface area contributed by atoms with Crippen LogP contribution in [0.3, 0.4) is 0 Å². The summed E-state index contributed by atoms with van der Waals surface area (Å²) in [7, 11) is 0. The minimum Gasteiger partial charge on any atom is -0.368 e. The van der Waals surface area contributed by atoms with Crippen LogP contribution in [0.5, 0.6) is 0 Å². The van der Waals surface area contributed by atoms with E-state index < -0.39 is 18.0 Å². The van der Waals surface area contributed by atoms with Crippen LogP contribution in [0.2, 0.25) is 0 Å². The van der Waals surface area contributed by atoms with Crippen LogP contribution in [0, 0.1) is 5.92 Å². The van der Waals surface area contributed by atoms with E-state index in [1.165, 1.54) is 6.92 Å². The number of primary amides is 1. The Hall–Kier alpha value is -1.10. The summed E-state index contributed by atoms with van der Waals surface area (Å²) in [5, 5.41) is 2.45. The quantitative estimate of drug-likeness (QED) is 0.551. The molecule has 2 atom stereocenters. The van der Waals surface area contributed by atoms with Crippen molar-refractivity contribution in [3.05, 3.63) is 0 Å². The third kappa shape index (κ3) is 4.81. The minimum atomic E-state index is -0.666. The molecule has 5 heteroatoms. The van der Waals surface area contributed by atoms with Crippen LogP contribution in [0.4, 0.5) is 0 Å². The lowest BCUT2D eigenvalue weighted by atomic mass is 10.0. The lowest BCUT2D eigenvalue weighted by molar-refractivity contribution is -0.127. The molecule has 5 N–H and O–H groups in total. The van der Waals surface area contributed by atoms with Crippen LogP contribution in [0.25, 0.3) is 0 Å². The molecule has 0 bridgehead atoms. The zero-order valence-corrected chi connectivity index (χ0v) is 8.91. The molecule has 0 fully saturated rings. The SMILES string of the molecule is CC(C)CC(N)C(=O)NC(C)C(N)=O. The van der Waals surface area contributed by atoms with E-state index in [9.17, 15) is 9.59 Å². The molecule has 2 unspecified atom stereocenters. The lowest BCUT2D eigenvalue weighted by Gasteiger charge is -2.16. The van der Waals surface area contributed by atoms with Gasteiger partial charge in [-0.15, -0.1) is 0 Å². The Morgan fingerprint density at radius 3 is 2.14 bits per heavy atom. The molecule has 0 aliphatic rings. The van der Waals surface area contributed by atoms with E-state index in [1.807, 2.05) is 13.8 Å². The Kier molecular flexibility index (Phi) is 5.15. The molecule has 0 saturated heterocycles. The number of nitrogens with one attached hydrogen (secondary N) is 1. The topological polar surface area (TPSA) is 98.2 Å². The van der Waals surface area contributed by atoms with Gasteiger partial charge in [0.25, 0.3) is 0 Å². The first kappa shape index (κ1) is 12.9. The summed E-state index contributed by atoms with van der Waals surface area (Å²) in [6, 6.07) is -1.24. The van der Waals surface area contributed by atoms with Gasteiger partial charge < -0.3 is 16.8 Å². The number of hydrogen-bond donors (Lipinski definition) is 3. The van der Waals surface area contributed by atoms with Gasteiger partial charge in [0.1, 0.15) is 6.04 Å². The highest BCUT2D eigenvalue weighted by atomic mass is 16.2. The summed E-state index contributed by atoms with van der Waals surface area (Å²) >= 11 is 0.